The molecule has 0 atom stereocenters. The molecule has 3 N–H and O–H groups in total. The largest absolute Gasteiger partial charge is 0.508 e. The van der Waals surface area contributed by atoms with Crippen LogP contribution in [0.2, 0.25) is 0 Å². The summed E-state index contributed by atoms with van der Waals surface area (Å²) in [6, 6.07) is 3.64. The summed E-state index contributed by atoms with van der Waals surface area (Å²) in [4.78, 5) is 23.5. The van der Waals surface area contributed by atoms with E-state index in [-0.39, 0.29) is 39.7 Å². The van der Waals surface area contributed by atoms with E-state index in [1.807, 2.05) is 0 Å². The normalized spacial score (nSPS) is 12.5. The molecule has 2 aromatic carbocycles. The van der Waals surface area contributed by atoms with E-state index in [0.29, 0.717) is 5.56 Å². The van der Waals surface area contributed by atoms with Crippen molar-refractivity contribution in [3.05, 3.63) is 40.5 Å². The smallest absolute Gasteiger partial charge is 0.347 e. The van der Waals surface area contributed by atoms with Gasteiger partial charge in [0.2, 0.25) is 0 Å². The molecule has 0 bridgehead atoms. The molecule has 0 saturated heterocycles. The summed E-state index contributed by atoms with van der Waals surface area (Å²) in [5.74, 6) is -2.74. The first-order valence-corrected chi connectivity index (χ1v) is 6.63. The molecule has 0 radical (unpaired) electrons. The highest BCUT2D eigenvalue weighted by molar-refractivity contribution is 5.99. The summed E-state index contributed by atoms with van der Waals surface area (Å²) in [6.45, 7) is 3.03. The number of phenols is 2. The van der Waals surface area contributed by atoms with Gasteiger partial charge in [0.25, 0.3) is 0 Å². The van der Waals surface area contributed by atoms with Crippen molar-refractivity contribution in [1.29, 1.82) is 0 Å². The fraction of sp³-hybridized carbons (Fsp3) is 0.125. The number of aromatic carboxylic acids is 1. The van der Waals surface area contributed by atoms with E-state index in [4.69, 9.17) is 9.47 Å². The number of carboxylic acid groups (broad SMARTS) is 1. The minimum atomic E-state index is -1.34. The Morgan fingerprint density at radius 3 is 2.39 bits per heavy atom. The van der Waals surface area contributed by atoms with Crippen LogP contribution in [0.15, 0.2) is 18.2 Å². The quantitative estimate of drug-likeness (QED) is 0.547. The molecule has 7 heteroatoms. The van der Waals surface area contributed by atoms with Gasteiger partial charge in [0, 0.05) is 17.7 Å². The van der Waals surface area contributed by atoms with Gasteiger partial charge in [-0.2, -0.15) is 0 Å². The number of benzene rings is 2. The van der Waals surface area contributed by atoms with Crippen molar-refractivity contribution in [2.24, 2.45) is 0 Å². The van der Waals surface area contributed by atoms with Crippen LogP contribution in [0, 0.1) is 13.8 Å². The van der Waals surface area contributed by atoms with Crippen molar-refractivity contribution in [2.75, 3.05) is 0 Å². The van der Waals surface area contributed by atoms with Gasteiger partial charge in [-0.1, -0.05) is 0 Å². The minimum absolute atomic E-state index is 0.00250. The summed E-state index contributed by atoms with van der Waals surface area (Å²) in [7, 11) is 0. The summed E-state index contributed by atoms with van der Waals surface area (Å²) >= 11 is 0. The van der Waals surface area contributed by atoms with Crippen molar-refractivity contribution < 1.29 is 34.4 Å². The maximum atomic E-state index is 12.3. The van der Waals surface area contributed by atoms with Gasteiger partial charge in [-0.25, -0.2) is 9.59 Å². The second-order valence-corrected chi connectivity index (χ2v) is 5.16. The molecule has 0 aliphatic carbocycles. The topological polar surface area (TPSA) is 113 Å². The predicted octanol–water partition coefficient (Wildman–Crippen LogP) is 2.74. The number of carboxylic acids is 1. The van der Waals surface area contributed by atoms with E-state index in [0.717, 1.165) is 6.07 Å². The molecule has 0 fully saturated rings. The van der Waals surface area contributed by atoms with Crippen LogP contribution in [0.4, 0.5) is 0 Å². The summed E-state index contributed by atoms with van der Waals surface area (Å²) in [5, 5.41) is 28.7. The Morgan fingerprint density at radius 1 is 1.04 bits per heavy atom. The van der Waals surface area contributed by atoms with E-state index in [1.165, 1.54) is 19.1 Å². The molecular weight excluding hydrogens is 304 g/mol. The van der Waals surface area contributed by atoms with Gasteiger partial charge in [0.05, 0.1) is 0 Å². The molecule has 0 saturated carbocycles. The number of ether oxygens (including phenoxy) is 2. The lowest BCUT2D eigenvalue weighted by atomic mass is 10.1. The number of hydrogen-bond acceptors (Lipinski definition) is 6. The second-order valence-electron chi connectivity index (χ2n) is 5.16. The van der Waals surface area contributed by atoms with Crippen LogP contribution < -0.4 is 9.47 Å². The Hall–Kier alpha value is -3.22. The van der Waals surface area contributed by atoms with Gasteiger partial charge in [-0.3, -0.25) is 0 Å². The molecule has 1 aliphatic heterocycles. The number of phenolic OH excluding ortho intramolecular Hbond substituents is 1. The third kappa shape index (κ3) is 2.22. The number of aromatic hydroxyl groups is 2. The van der Waals surface area contributed by atoms with Crippen LogP contribution >= 0.6 is 0 Å². The van der Waals surface area contributed by atoms with E-state index >= 15 is 0 Å². The van der Waals surface area contributed by atoms with Crippen molar-refractivity contribution >= 4 is 11.9 Å². The molecule has 1 aliphatic rings. The van der Waals surface area contributed by atoms with Gasteiger partial charge in [-0.05, 0) is 25.5 Å². The Morgan fingerprint density at radius 2 is 1.74 bits per heavy atom. The predicted molar refractivity (Wildman–Crippen MR) is 77.7 cm³/mol. The van der Waals surface area contributed by atoms with Crippen LogP contribution in [0.25, 0.3) is 0 Å². The average molecular weight is 316 g/mol. The van der Waals surface area contributed by atoms with Gasteiger partial charge in [-0.15, -0.1) is 0 Å². The van der Waals surface area contributed by atoms with Crippen LogP contribution in [-0.4, -0.2) is 27.3 Å². The van der Waals surface area contributed by atoms with Crippen LogP contribution in [0.3, 0.4) is 0 Å². The highest BCUT2D eigenvalue weighted by atomic mass is 16.6. The molecule has 0 spiro atoms. The fourth-order valence-corrected chi connectivity index (χ4v) is 2.56. The van der Waals surface area contributed by atoms with Crippen LogP contribution in [0.5, 0.6) is 28.7 Å². The first-order valence-electron chi connectivity index (χ1n) is 6.63. The Kier molecular flexibility index (Phi) is 3.14. The number of aryl methyl sites for hydroxylation is 1. The number of esters is 1. The first kappa shape index (κ1) is 14.7. The fourth-order valence-electron chi connectivity index (χ4n) is 2.56. The van der Waals surface area contributed by atoms with Gasteiger partial charge < -0.3 is 24.8 Å². The lowest BCUT2D eigenvalue weighted by Crippen LogP contribution is -2.09. The molecule has 0 aromatic heterocycles. The third-order valence-electron chi connectivity index (χ3n) is 3.58. The lowest BCUT2D eigenvalue weighted by molar-refractivity contribution is 0.0692. The van der Waals surface area contributed by atoms with Crippen molar-refractivity contribution in [1.82, 2.24) is 0 Å². The zero-order chi connectivity index (χ0) is 16.9. The van der Waals surface area contributed by atoms with Crippen LogP contribution in [0.1, 0.15) is 31.8 Å². The van der Waals surface area contributed by atoms with E-state index in [2.05, 4.69) is 0 Å². The van der Waals surface area contributed by atoms with Crippen molar-refractivity contribution in [2.45, 2.75) is 13.8 Å². The standard InChI is InChI=1S/C16H12O7/c1-6-3-8(17)4-10-12(6)16(21)23-11-5-9(18)13(15(19)20)7(2)14(11)22-10/h3-5,17-18H,1-2H3,(H,19,20). The number of carbonyl (C=O) groups is 2. The summed E-state index contributed by atoms with van der Waals surface area (Å²) in [6.07, 6.45) is 0. The SMILES string of the molecule is Cc1cc(O)cc2c1C(=O)Oc1cc(O)c(C(=O)O)c(C)c1O2. The Labute approximate surface area is 130 Å². The summed E-state index contributed by atoms with van der Waals surface area (Å²) in [5.41, 5.74) is 0.321. The molecule has 3 rings (SSSR count). The molecule has 23 heavy (non-hydrogen) atoms. The van der Waals surface area contributed by atoms with Gasteiger partial charge in [0.15, 0.2) is 11.5 Å². The van der Waals surface area contributed by atoms with Gasteiger partial charge in [0.1, 0.15) is 28.4 Å². The Balaban J connectivity index is 2.29. The van der Waals surface area contributed by atoms with Crippen LogP contribution in [-0.2, 0) is 0 Å². The second kappa shape index (κ2) is 4.91. The molecular formula is C16H12O7. The average Bonchev–Trinajstić information content (AvgIpc) is 2.54. The molecule has 0 unspecified atom stereocenters. The number of carbonyl (C=O) groups excluding carboxylic acids is 1. The van der Waals surface area contributed by atoms with Crippen molar-refractivity contribution in [3.8, 4) is 28.7 Å². The molecule has 118 valence electrons. The van der Waals surface area contributed by atoms with E-state index < -0.39 is 17.7 Å². The molecule has 2 aromatic rings. The van der Waals surface area contributed by atoms with Crippen molar-refractivity contribution in [3.63, 3.8) is 0 Å². The molecule has 7 nitrogen and oxygen atoms in total. The molecule has 0 amide bonds. The van der Waals surface area contributed by atoms with E-state index in [1.54, 1.807) is 6.92 Å². The lowest BCUT2D eigenvalue weighted by Gasteiger charge is -2.13. The van der Waals surface area contributed by atoms with Gasteiger partial charge >= 0.3 is 11.9 Å². The zero-order valence-electron chi connectivity index (χ0n) is 12.2. The number of hydrogen-bond donors (Lipinski definition) is 3. The molecule has 1 heterocycles. The highest BCUT2D eigenvalue weighted by Crippen LogP contribution is 2.45. The minimum Gasteiger partial charge on any atom is -0.508 e. The number of rotatable bonds is 1. The first-order chi connectivity index (χ1) is 10.8. The maximum absolute atomic E-state index is 12.3. The monoisotopic (exact) mass is 316 g/mol. The van der Waals surface area contributed by atoms with E-state index in [9.17, 15) is 24.9 Å². The summed E-state index contributed by atoms with van der Waals surface area (Å²) < 4.78 is 10.8. The zero-order valence-corrected chi connectivity index (χ0v) is 12.2. The third-order valence-corrected chi connectivity index (χ3v) is 3.58. The number of fused-ring (bicyclic) bond motifs is 2. The maximum Gasteiger partial charge on any atom is 0.347 e. The highest BCUT2D eigenvalue weighted by Gasteiger charge is 2.30. The Bertz CT molecular complexity index is 867.